The molecule has 0 aliphatic heterocycles. The number of aliphatic hydroxyl groups is 1. The Morgan fingerprint density at radius 1 is 1.71 bits per heavy atom. The molecular weight excluding hydrogens is 220 g/mol. The summed E-state index contributed by atoms with van der Waals surface area (Å²) < 4.78 is 1.80. The number of carbonyl (C=O) groups is 1. The molecule has 1 fully saturated rings. The van der Waals surface area contributed by atoms with Crippen molar-refractivity contribution in [2.45, 2.75) is 19.4 Å². The number of imidazole rings is 1. The van der Waals surface area contributed by atoms with Gasteiger partial charge in [0.1, 0.15) is 5.69 Å². The van der Waals surface area contributed by atoms with Gasteiger partial charge in [-0.25, -0.2) is 4.98 Å². The fourth-order valence-electron chi connectivity index (χ4n) is 2.04. The molecule has 0 saturated heterocycles. The molecule has 1 heterocycles. The highest BCUT2D eigenvalue weighted by Crippen LogP contribution is 2.39. The van der Waals surface area contributed by atoms with Gasteiger partial charge >= 0.3 is 0 Å². The van der Waals surface area contributed by atoms with Crippen molar-refractivity contribution < 1.29 is 9.90 Å². The van der Waals surface area contributed by atoms with Gasteiger partial charge in [-0.2, -0.15) is 5.26 Å². The lowest BCUT2D eigenvalue weighted by Crippen LogP contribution is -2.15. The molecule has 1 aromatic rings. The normalized spacial score (nSPS) is 22.1. The molecule has 1 amide bonds. The van der Waals surface area contributed by atoms with Crippen molar-refractivity contribution >= 4 is 5.91 Å². The van der Waals surface area contributed by atoms with E-state index in [1.165, 1.54) is 0 Å². The van der Waals surface area contributed by atoms with Gasteiger partial charge in [0.05, 0.1) is 24.5 Å². The van der Waals surface area contributed by atoms with Crippen LogP contribution in [0.15, 0.2) is 6.33 Å². The van der Waals surface area contributed by atoms with E-state index in [1.54, 1.807) is 10.9 Å². The molecule has 6 heteroatoms. The minimum absolute atomic E-state index is 0.120. The Morgan fingerprint density at radius 2 is 2.47 bits per heavy atom. The van der Waals surface area contributed by atoms with Crippen LogP contribution < -0.4 is 5.73 Å². The van der Waals surface area contributed by atoms with Crippen LogP contribution >= 0.6 is 0 Å². The number of amides is 1. The summed E-state index contributed by atoms with van der Waals surface area (Å²) in [5.74, 6) is 0.139. The monoisotopic (exact) mass is 234 g/mol. The fourth-order valence-corrected chi connectivity index (χ4v) is 2.04. The zero-order valence-electron chi connectivity index (χ0n) is 9.33. The molecule has 2 unspecified atom stereocenters. The first-order chi connectivity index (χ1) is 8.17. The van der Waals surface area contributed by atoms with Crippen LogP contribution in [0, 0.1) is 23.2 Å². The van der Waals surface area contributed by atoms with Crippen molar-refractivity contribution in [3.05, 3.63) is 17.7 Å². The summed E-state index contributed by atoms with van der Waals surface area (Å²) in [4.78, 5) is 15.1. The highest BCUT2D eigenvalue weighted by molar-refractivity contribution is 5.92. The summed E-state index contributed by atoms with van der Waals surface area (Å²) >= 11 is 0. The van der Waals surface area contributed by atoms with E-state index in [4.69, 9.17) is 16.1 Å². The third-order valence-electron chi connectivity index (χ3n) is 3.16. The first-order valence-electron chi connectivity index (χ1n) is 5.49. The first-order valence-corrected chi connectivity index (χ1v) is 5.49. The summed E-state index contributed by atoms with van der Waals surface area (Å²) in [6.45, 7) is 0.873. The second-order valence-electron chi connectivity index (χ2n) is 4.33. The summed E-state index contributed by atoms with van der Waals surface area (Å²) in [6.07, 6.45) is 2.64. The molecule has 1 saturated carbocycles. The molecule has 2 atom stereocenters. The maximum atomic E-state index is 11.1. The molecule has 0 aromatic carbocycles. The Kier molecular flexibility index (Phi) is 3.11. The quantitative estimate of drug-likeness (QED) is 0.728. The standard InChI is InChI=1S/C11H14N4O2/c12-2-1-9-10(11(13)17)14-6-15(9)4-7-3-8(7)5-16/h6-8,16H,1,3-5H2,(H2,13,17). The third-order valence-corrected chi connectivity index (χ3v) is 3.16. The SMILES string of the molecule is N#CCc1c(C(N)=O)ncn1CC1CC1CO. The van der Waals surface area contributed by atoms with E-state index < -0.39 is 5.91 Å². The summed E-state index contributed by atoms with van der Waals surface area (Å²) in [6, 6.07) is 2.01. The molecule has 2 rings (SSSR count). The number of aromatic nitrogens is 2. The van der Waals surface area contributed by atoms with Crippen LogP contribution in [0.1, 0.15) is 22.6 Å². The Balaban J connectivity index is 2.17. The van der Waals surface area contributed by atoms with Gasteiger partial charge in [-0.15, -0.1) is 0 Å². The van der Waals surface area contributed by atoms with E-state index >= 15 is 0 Å². The van der Waals surface area contributed by atoms with Crippen LogP contribution in [-0.2, 0) is 13.0 Å². The van der Waals surface area contributed by atoms with Gasteiger partial charge in [0, 0.05) is 13.2 Å². The van der Waals surface area contributed by atoms with Gasteiger partial charge < -0.3 is 15.4 Å². The molecule has 0 radical (unpaired) electrons. The topological polar surface area (TPSA) is 105 Å². The van der Waals surface area contributed by atoms with Crippen molar-refractivity contribution in [2.75, 3.05) is 6.61 Å². The first kappa shape index (κ1) is 11.6. The van der Waals surface area contributed by atoms with Gasteiger partial charge in [0.25, 0.3) is 5.91 Å². The number of nitrogens with zero attached hydrogens (tertiary/aromatic N) is 3. The second-order valence-corrected chi connectivity index (χ2v) is 4.33. The van der Waals surface area contributed by atoms with Gasteiger partial charge in [0.15, 0.2) is 0 Å². The second kappa shape index (κ2) is 4.55. The van der Waals surface area contributed by atoms with Gasteiger partial charge in [0.2, 0.25) is 0 Å². The number of hydrogen-bond acceptors (Lipinski definition) is 4. The van der Waals surface area contributed by atoms with Crippen molar-refractivity contribution in [1.29, 1.82) is 5.26 Å². The maximum absolute atomic E-state index is 11.1. The minimum atomic E-state index is -0.608. The highest BCUT2D eigenvalue weighted by Gasteiger charge is 2.36. The van der Waals surface area contributed by atoms with E-state index in [2.05, 4.69) is 4.98 Å². The van der Waals surface area contributed by atoms with Crippen molar-refractivity contribution in [2.24, 2.45) is 17.6 Å². The van der Waals surface area contributed by atoms with Crippen LogP contribution in [0.2, 0.25) is 0 Å². The summed E-state index contributed by atoms with van der Waals surface area (Å²) in [5.41, 5.74) is 5.94. The predicted octanol–water partition coefficient (Wildman–Crippen LogP) is -0.324. The summed E-state index contributed by atoms with van der Waals surface area (Å²) in [7, 11) is 0. The van der Waals surface area contributed by atoms with Crippen LogP contribution in [0.25, 0.3) is 0 Å². The third kappa shape index (κ3) is 2.29. The Morgan fingerprint density at radius 3 is 3.00 bits per heavy atom. The van der Waals surface area contributed by atoms with E-state index in [1.807, 2.05) is 6.07 Å². The lowest BCUT2D eigenvalue weighted by Gasteiger charge is -2.05. The number of nitriles is 1. The lowest BCUT2D eigenvalue weighted by atomic mass is 10.2. The van der Waals surface area contributed by atoms with E-state index in [9.17, 15) is 4.79 Å². The van der Waals surface area contributed by atoms with E-state index in [-0.39, 0.29) is 18.7 Å². The highest BCUT2D eigenvalue weighted by atomic mass is 16.3. The Hall–Kier alpha value is -1.87. The number of rotatable bonds is 5. The lowest BCUT2D eigenvalue weighted by molar-refractivity contribution is 0.0995. The molecule has 3 N–H and O–H groups in total. The van der Waals surface area contributed by atoms with E-state index in [0.29, 0.717) is 24.1 Å². The van der Waals surface area contributed by atoms with E-state index in [0.717, 1.165) is 6.42 Å². The molecular formula is C11H14N4O2. The smallest absolute Gasteiger partial charge is 0.269 e. The molecule has 1 aromatic heterocycles. The molecule has 0 bridgehead atoms. The zero-order chi connectivity index (χ0) is 12.4. The van der Waals surface area contributed by atoms with Crippen molar-refractivity contribution in [3.8, 4) is 6.07 Å². The predicted molar refractivity (Wildman–Crippen MR) is 58.7 cm³/mol. The largest absolute Gasteiger partial charge is 0.396 e. The molecule has 6 nitrogen and oxygen atoms in total. The van der Waals surface area contributed by atoms with Gasteiger partial charge in [-0.1, -0.05) is 0 Å². The maximum Gasteiger partial charge on any atom is 0.269 e. The minimum Gasteiger partial charge on any atom is -0.396 e. The van der Waals surface area contributed by atoms with Crippen LogP contribution in [0.5, 0.6) is 0 Å². The average molecular weight is 234 g/mol. The molecule has 1 aliphatic carbocycles. The average Bonchev–Trinajstić information content (AvgIpc) is 2.93. The molecule has 1 aliphatic rings. The number of nitrogens with two attached hydrogens (primary N) is 1. The zero-order valence-corrected chi connectivity index (χ0v) is 9.33. The van der Waals surface area contributed by atoms with Crippen LogP contribution in [0.3, 0.4) is 0 Å². The fraction of sp³-hybridized carbons (Fsp3) is 0.545. The van der Waals surface area contributed by atoms with Crippen molar-refractivity contribution in [1.82, 2.24) is 9.55 Å². The summed E-state index contributed by atoms with van der Waals surface area (Å²) in [5, 5.41) is 17.7. The Labute approximate surface area is 98.7 Å². The molecule has 90 valence electrons. The van der Waals surface area contributed by atoms with Crippen LogP contribution in [0.4, 0.5) is 0 Å². The number of carbonyl (C=O) groups excluding carboxylic acids is 1. The van der Waals surface area contributed by atoms with Gasteiger partial charge in [-0.3, -0.25) is 4.79 Å². The number of primary amides is 1. The number of aliphatic hydroxyl groups excluding tert-OH is 1. The Bertz CT molecular complexity index is 474. The molecule has 17 heavy (non-hydrogen) atoms. The number of hydrogen-bond donors (Lipinski definition) is 2. The molecule has 0 spiro atoms. The van der Waals surface area contributed by atoms with Crippen molar-refractivity contribution in [3.63, 3.8) is 0 Å². The van der Waals surface area contributed by atoms with Gasteiger partial charge in [-0.05, 0) is 18.3 Å². The van der Waals surface area contributed by atoms with Crippen LogP contribution in [-0.4, -0.2) is 27.2 Å².